The van der Waals surface area contributed by atoms with Gasteiger partial charge in [-0.05, 0) is 80.5 Å². The summed E-state index contributed by atoms with van der Waals surface area (Å²) in [5.74, 6) is 3.90. The topological polar surface area (TPSA) is 195 Å². The Morgan fingerprint density at radius 2 is 1.17 bits per heavy atom. The highest BCUT2D eigenvalue weighted by Gasteiger charge is 2.45. The summed E-state index contributed by atoms with van der Waals surface area (Å²) in [6.07, 6.45) is 8.55. The molecule has 3 saturated carbocycles. The first-order valence-corrected chi connectivity index (χ1v) is 22.4. The molecule has 14 atom stereocenters. The summed E-state index contributed by atoms with van der Waals surface area (Å²) in [6.45, 7) is 11.7. The van der Waals surface area contributed by atoms with Crippen LogP contribution in [0.5, 0.6) is 0 Å². The van der Waals surface area contributed by atoms with E-state index in [1.165, 1.54) is 38.5 Å². The quantitative estimate of drug-likeness (QED) is 0.0548. The Balaban J connectivity index is 1.05. The molecular weight excluding hydrogens is 761 g/mol. The van der Waals surface area contributed by atoms with Crippen molar-refractivity contribution in [2.24, 2.45) is 41.4 Å². The first-order chi connectivity index (χ1) is 28.5. The van der Waals surface area contributed by atoms with Crippen LogP contribution in [-0.4, -0.2) is 152 Å². The molecule has 2 aliphatic heterocycles. The van der Waals surface area contributed by atoms with Gasteiger partial charge in [-0.15, -0.1) is 0 Å². The molecule has 344 valence electrons. The van der Waals surface area contributed by atoms with Crippen LogP contribution in [0.1, 0.15) is 85.5 Å². The summed E-state index contributed by atoms with van der Waals surface area (Å²) >= 11 is 0. The minimum absolute atomic E-state index is 0.0287. The molecule has 5 aliphatic rings. The zero-order valence-electron chi connectivity index (χ0n) is 37.4. The van der Waals surface area contributed by atoms with Crippen molar-refractivity contribution in [1.29, 1.82) is 0 Å². The van der Waals surface area contributed by atoms with Gasteiger partial charge >= 0.3 is 0 Å². The highest BCUT2D eigenvalue weighted by atomic mass is 16.5. The molecule has 5 fully saturated rings. The standard InChI is InChI=1S/C41H82N10O8/c1-26-9-12-31(28(3)17-26)36-44-37(32-13-10-27(2)18-29(32)4)46-38(45-36)33-14-11-30(19-34(33)52)59-20-35(53)42-15-16-58-25-51(24-57-8)41-48-39(43-21-54-5)47-40(49-41)50(22-55-6)23-56-7/h26-34,36-41,43-49,52H,9-25H2,1-8H3,(H,42,53). The fourth-order valence-electron chi connectivity index (χ4n) is 10.4. The number of nitrogens with one attached hydrogen (secondary N) is 8. The predicted octanol–water partition coefficient (Wildman–Crippen LogP) is 0.771. The van der Waals surface area contributed by atoms with Gasteiger partial charge in [-0.1, -0.05) is 40.5 Å². The summed E-state index contributed by atoms with van der Waals surface area (Å²) in [7, 11) is 6.52. The predicted molar refractivity (Wildman–Crippen MR) is 224 cm³/mol. The van der Waals surface area contributed by atoms with E-state index in [1.807, 2.05) is 9.80 Å². The summed E-state index contributed by atoms with van der Waals surface area (Å²) < 4.78 is 33.6. The van der Waals surface area contributed by atoms with Crippen molar-refractivity contribution in [3.05, 3.63) is 0 Å². The second kappa shape index (κ2) is 25.2. The summed E-state index contributed by atoms with van der Waals surface area (Å²) in [4.78, 5) is 16.7. The Kier molecular flexibility index (Phi) is 20.9. The van der Waals surface area contributed by atoms with Gasteiger partial charge in [0.15, 0.2) is 0 Å². The lowest BCUT2D eigenvalue weighted by atomic mass is 9.71. The number of aliphatic hydroxyl groups is 1. The molecule has 2 heterocycles. The number of hydrogen-bond acceptors (Lipinski definition) is 17. The number of carbonyl (C=O) groups is 1. The average Bonchev–Trinajstić information content (AvgIpc) is 3.21. The molecule has 59 heavy (non-hydrogen) atoms. The lowest BCUT2D eigenvalue weighted by Crippen LogP contribution is -2.78. The molecule has 5 rings (SSSR count). The maximum atomic E-state index is 12.8. The number of aliphatic hydroxyl groups excluding tert-OH is 1. The van der Waals surface area contributed by atoms with Gasteiger partial charge in [0.25, 0.3) is 0 Å². The van der Waals surface area contributed by atoms with Crippen molar-refractivity contribution >= 4 is 5.91 Å². The molecule has 0 aromatic rings. The van der Waals surface area contributed by atoms with Crippen LogP contribution in [0.3, 0.4) is 0 Å². The van der Waals surface area contributed by atoms with E-state index in [0.29, 0.717) is 63.4 Å². The Hall–Kier alpha value is -1.17. The van der Waals surface area contributed by atoms with Gasteiger partial charge < -0.3 is 38.8 Å². The Morgan fingerprint density at radius 1 is 0.644 bits per heavy atom. The van der Waals surface area contributed by atoms with Gasteiger partial charge in [0.2, 0.25) is 5.91 Å². The average molecular weight is 843 g/mol. The molecule has 0 radical (unpaired) electrons. The van der Waals surface area contributed by atoms with E-state index < -0.39 is 6.10 Å². The van der Waals surface area contributed by atoms with Crippen LogP contribution in [0.15, 0.2) is 0 Å². The Morgan fingerprint density at radius 3 is 1.68 bits per heavy atom. The zero-order valence-corrected chi connectivity index (χ0v) is 37.4. The third-order valence-corrected chi connectivity index (χ3v) is 13.5. The highest BCUT2D eigenvalue weighted by Crippen LogP contribution is 2.40. The zero-order chi connectivity index (χ0) is 42.3. The maximum Gasteiger partial charge on any atom is 0.246 e. The normalized spacial score (nSPS) is 38.5. The smallest absolute Gasteiger partial charge is 0.246 e. The van der Waals surface area contributed by atoms with Gasteiger partial charge in [0.1, 0.15) is 52.4 Å². The van der Waals surface area contributed by atoms with Crippen molar-refractivity contribution in [1.82, 2.24) is 52.3 Å². The number of ether oxygens (including phenoxy) is 6. The highest BCUT2D eigenvalue weighted by molar-refractivity contribution is 5.77. The number of methoxy groups -OCH3 is 4. The lowest BCUT2D eigenvalue weighted by molar-refractivity contribution is -0.132. The van der Waals surface area contributed by atoms with E-state index in [9.17, 15) is 9.90 Å². The molecule has 9 N–H and O–H groups in total. The molecule has 1 amide bonds. The van der Waals surface area contributed by atoms with Crippen molar-refractivity contribution in [2.45, 2.75) is 135 Å². The Bertz CT molecular complexity index is 1160. The summed E-state index contributed by atoms with van der Waals surface area (Å²) in [5, 5.41) is 40.2. The third-order valence-electron chi connectivity index (χ3n) is 13.5. The van der Waals surface area contributed by atoms with Crippen molar-refractivity contribution in [3.8, 4) is 0 Å². The van der Waals surface area contributed by atoms with Crippen molar-refractivity contribution in [2.75, 3.05) is 81.9 Å². The molecule has 0 aromatic heterocycles. The van der Waals surface area contributed by atoms with E-state index in [0.717, 1.165) is 24.7 Å². The van der Waals surface area contributed by atoms with Crippen LogP contribution in [0.2, 0.25) is 0 Å². The van der Waals surface area contributed by atoms with E-state index >= 15 is 0 Å². The van der Waals surface area contributed by atoms with Crippen LogP contribution in [-0.2, 0) is 33.2 Å². The summed E-state index contributed by atoms with van der Waals surface area (Å²) in [5.41, 5.74) is 0. The summed E-state index contributed by atoms with van der Waals surface area (Å²) in [6, 6.07) is 0. The monoisotopic (exact) mass is 843 g/mol. The van der Waals surface area contributed by atoms with Gasteiger partial charge in [0, 0.05) is 40.9 Å². The Labute approximate surface area is 354 Å². The SMILES string of the molecule is COCNC1NC(N(COC)COC)NC(N(COC)COCCNC(=O)COC2CCC(C3NC(C4CCC(C)CC4C)NC(C4CCC(C)CC4C)N3)C(O)C2)N1. The molecule has 0 bridgehead atoms. The minimum Gasteiger partial charge on any atom is -0.393 e. The first-order valence-electron chi connectivity index (χ1n) is 22.4. The van der Waals surface area contributed by atoms with Gasteiger partial charge in [-0.25, -0.2) is 9.80 Å². The van der Waals surface area contributed by atoms with Crippen LogP contribution < -0.4 is 42.5 Å². The maximum absolute atomic E-state index is 12.8. The molecular formula is C41H82N10O8. The van der Waals surface area contributed by atoms with Crippen molar-refractivity contribution < 1.29 is 38.3 Å². The first kappa shape index (κ1) is 48.9. The second-order valence-electron chi connectivity index (χ2n) is 18.2. The van der Waals surface area contributed by atoms with E-state index in [1.54, 1.807) is 28.4 Å². The van der Waals surface area contributed by atoms with Crippen LogP contribution in [0.25, 0.3) is 0 Å². The number of rotatable bonds is 22. The van der Waals surface area contributed by atoms with Gasteiger partial charge in [0.05, 0.1) is 44.0 Å². The van der Waals surface area contributed by atoms with Crippen molar-refractivity contribution in [3.63, 3.8) is 0 Å². The number of amides is 1. The minimum atomic E-state index is -0.523. The fraction of sp³-hybridized carbons (Fsp3) is 0.976. The molecule has 0 spiro atoms. The van der Waals surface area contributed by atoms with E-state index in [4.69, 9.17) is 28.4 Å². The lowest BCUT2D eigenvalue weighted by Gasteiger charge is -2.52. The van der Waals surface area contributed by atoms with E-state index in [2.05, 4.69) is 70.2 Å². The van der Waals surface area contributed by atoms with Crippen LogP contribution in [0, 0.1) is 41.4 Å². The molecule has 18 heteroatoms. The fourth-order valence-corrected chi connectivity index (χ4v) is 10.4. The van der Waals surface area contributed by atoms with Gasteiger partial charge in [-0.2, -0.15) is 0 Å². The van der Waals surface area contributed by atoms with Gasteiger partial charge in [-0.3, -0.25) is 42.0 Å². The third kappa shape index (κ3) is 14.7. The van der Waals surface area contributed by atoms with Crippen LogP contribution >= 0.6 is 0 Å². The molecule has 3 aliphatic carbocycles. The molecule has 0 aromatic carbocycles. The molecule has 14 unspecified atom stereocenters. The largest absolute Gasteiger partial charge is 0.393 e. The molecule has 2 saturated heterocycles. The van der Waals surface area contributed by atoms with E-state index in [-0.39, 0.29) is 75.4 Å². The van der Waals surface area contributed by atoms with Crippen LogP contribution in [0.4, 0.5) is 0 Å². The second-order valence-corrected chi connectivity index (χ2v) is 18.2. The molecule has 18 nitrogen and oxygen atoms in total. The number of hydrogen-bond donors (Lipinski definition) is 9. The number of nitrogens with zero attached hydrogens (tertiary/aromatic N) is 2. The number of carbonyl (C=O) groups excluding carboxylic acids is 1.